The van der Waals surface area contributed by atoms with Crippen LogP contribution in [-0.2, 0) is 0 Å². The van der Waals surface area contributed by atoms with Crippen LogP contribution in [-0.4, -0.2) is 19.2 Å². The summed E-state index contributed by atoms with van der Waals surface area (Å²) in [5, 5.41) is 0. The van der Waals surface area contributed by atoms with Crippen molar-refractivity contribution in [2.24, 2.45) is 5.73 Å². The Balaban J connectivity index is 2.50. The van der Waals surface area contributed by atoms with Gasteiger partial charge in [-0.15, -0.1) is 0 Å². The van der Waals surface area contributed by atoms with Crippen LogP contribution in [0.2, 0.25) is 0 Å². The van der Waals surface area contributed by atoms with E-state index in [2.05, 4.69) is 0 Å². The van der Waals surface area contributed by atoms with Crippen LogP contribution >= 0.6 is 12.2 Å². The minimum Gasteiger partial charge on any atom is -0.493 e. The number of hydrogen-bond donors (Lipinski definition) is 1. The average Bonchev–Trinajstić information content (AvgIpc) is 2.48. The second-order valence-corrected chi connectivity index (χ2v) is 4.90. The highest BCUT2D eigenvalue weighted by Gasteiger charge is 2.15. The Labute approximate surface area is 129 Å². The third-order valence-corrected chi connectivity index (χ3v) is 3.22. The highest BCUT2D eigenvalue weighted by atomic mass is 32.1. The molecule has 0 atom stereocenters. The first-order valence-corrected chi connectivity index (χ1v) is 6.77. The van der Waals surface area contributed by atoms with Gasteiger partial charge in [-0.3, -0.25) is 0 Å². The lowest BCUT2D eigenvalue weighted by molar-refractivity contribution is 0.346. The van der Waals surface area contributed by atoms with Gasteiger partial charge in [-0.05, 0) is 31.2 Å². The van der Waals surface area contributed by atoms with Crippen LogP contribution in [0.4, 0.5) is 0 Å². The molecule has 0 aliphatic carbocycles. The smallest absolute Gasteiger partial charge is 0.211 e. The fourth-order valence-electron chi connectivity index (χ4n) is 1.95. The molecule has 0 aliphatic heterocycles. The standard InChI is InChI=1S/C16H17NO3S/c1-10-7-8-12(11(9-10)16(17)21)20-15-13(18-2)5-4-6-14(15)19-3/h4-9H,1-3H3,(H2,17,21). The summed E-state index contributed by atoms with van der Waals surface area (Å²) < 4.78 is 16.6. The Morgan fingerprint density at radius 2 is 1.62 bits per heavy atom. The van der Waals surface area contributed by atoms with Crippen LogP contribution in [0.1, 0.15) is 11.1 Å². The summed E-state index contributed by atoms with van der Waals surface area (Å²) in [7, 11) is 3.15. The topological polar surface area (TPSA) is 53.7 Å². The SMILES string of the molecule is COc1cccc(OC)c1Oc1ccc(C)cc1C(N)=S. The molecule has 0 fully saturated rings. The molecule has 0 unspecified atom stereocenters. The summed E-state index contributed by atoms with van der Waals surface area (Å²) in [4.78, 5) is 0.280. The van der Waals surface area contributed by atoms with Crippen molar-refractivity contribution < 1.29 is 14.2 Å². The first-order valence-electron chi connectivity index (χ1n) is 6.36. The Morgan fingerprint density at radius 1 is 1.00 bits per heavy atom. The molecule has 21 heavy (non-hydrogen) atoms. The van der Waals surface area contributed by atoms with Gasteiger partial charge in [0.25, 0.3) is 0 Å². The van der Waals surface area contributed by atoms with Crippen LogP contribution in [0.3, 0.4) is 0 Å². The van der Waals surface area contributed by atoms with Crippen LogP contribution in [0, 0.1) is 6.92 Å². The van der Waals surface area contributed by atoms with Gasteiger partial charge in [0.2, 0.25) is 5.75 Å². The van der Waals surface area contributed by atoms with E-state index >= 15 is 0 Å². The molecule has 2 N–H and O–H groups in total. The number of aryl methyl sites for hydroxylation is 1. The highest BCUT2D eigenvalue weighted by Crippen LogP contribution is 2.40. The maximum absolute atomic E-state index is 5.95. The van der Waals surface area contributed by atoms with Crippen molar-refractivity contribution in [2.75, 3.05) is 14.2 Å². The maximum atomic E-state index is 5.95. The van der Waals surface area contributed by atoms with Gasteiger partial charge in [0, 0.05) is 0 Å². The van der Waals surface area contributed by atoms with Gasteiger partial charge in [-0.1, -0.05) is 29.9 Å². The Hall–Kier alpha value is -2.27. The zero-order chi connectivity index (χ0) is 15.4. The van der Waals surface area contributed by atoms with Crippen molar-refractivity contribution in [1.29, 1.82) is 0 Å². The molecule has 2 aromatic rings. The number of para-hydroxylation sites is 1. The molecule has 5 heteroatoms. The molecule has 0 heterocycles. The second-order valence-electron chi connectivity index (χ2n) is 4.46. The fourth-order valence-corrected chi connectivity index (χ4v) is 2.11. The molecule has 0 saturated heterocycles. The van der Waals surface area contributed by atoms with Gasteiger partial charge < -0.3 is 19.9 Å². The van der Waals surface area contributed by atoms with Crippen molar-refractivity contribution in [3.8, 4) is 23.0 Å². The van der Waals surface area contributed by atoms with E-state index in [9.17, 15) is 0 Å². The van der Waals surface area contributed by atoms with Crippen LogP contribution in [0.15, 0.2) is 36.4 Å². The molecule has 110 valence electrons. The summed E-state index contributed by atoms with van der Waals surface area (Å²) in [6.45, 7) is 1.97. The van der Waals surface area contributed by atoms with Crippen LogP contribution in [0.25, 0.3) is 0 Å². The summed E-state index contributed by atoms with van der Waals surface area (Å²) in [6.07, 6.45) is 0. The van der Waals surface area contributed by atoms with E-state index in [4.69, 9.17) is 32.2 Å². The van der Waals surface area contributed by atoms with E-state index in [1.807, 2.05) is 31.2 Å². The Morgan fingerprint density at radius 3 is 2.14 bits per heavy atom. The molecule has 0 aliphatic rings. The lowest BCUT2D eigenvalue weighted by Crippen LogP contribution is -2.11. The van der Waals surface area contributed by atoms with E-state index in [0.717, 1.165) is 5.56 Å². The van der Waals surface area contributed by atoms with Crippen molar-refractivity contribution in [1.82, 2.24) is 0 Å². The number of thiocarbonyl (C=S) groups is 1. The summed E-state index contributed by atoms with van der Waals surface area (Å²) in [6, 6.07) is 11.1. The molecule has 0 radical (unpaired) electrons. The first-order chi connectivity index (χ1) is 10.1. The molecule has 0 amide bonds. The number of rotatable bonds is 5. The van der Waals surface area contributed by atoms with Gasteiger partial charge in [0.05, 0.1) is 19.8 Å². The number of hydrogen-bond acceptors (Lipinski definition) is 4. The molecule has 0 spiro atoms. The maximum Gasteiger partial charge on any atom is 0.211 e. The highest BCUT2D eigenvalue weighted by molar-refractivity contribution is 7.80. The summed E-state index contributed by atoms with van der Waals surface area (Å²) in [5.41, 5.74) is 7.50. The number of benzene rings is 2. The molecule has 2 aromatic carbocycles. The predicted octanol–water partition coefficient (Wildman–Crippen LogP) is 3.44. The summed E-state index contributed by atoms with van der Waals surface area (Å²) >= 11 is 5.08. The molecule has 2 rings (SSSR count). The molecule has 4 nitrogen and oxygen atoms in total. The third-order valence-electron chi connectivity index (χ3n) is 3.00. The van der Waals surface area contributed by atoms with Crippen molar-refractivity contribution in [3.05, 3.63) is 47.5 Å². The third kappa shape index (κ3) is 3.25. The quantitative estimate of drug-likeness (QED) is 0.858. The minimum absolute atomic E-state index is 0.280. The number of ether oxygens (including phenoxy) is 3. The normalized spacial score (nSPS) is 10.0. The Kier molecular flexibility index (Phi) is 4.65. The average molecular weight is 303 g/mol. The lowest BCUT2D eigenvalue weighted by Gasteiger charge is -2.16. The zero-order valence-corrected chi connectivity index (χ0v) is 13.0. The zero-order valence-electron chi connectivity index (χ0n) is 12.2. The molecule has 0 saturated carbocycles. The van der Waals surface area contributed by atoms with E-state index in [0.29, 0.717) is 28.6 Å². The predicted molar refractivity (Wildman–Crippen MR) is 86.7 cm³/mol. The molecular formula is C16H17NO3S. The van der Waals surface area contributed by atoms with Gasteiger partial charge in [-0.25, -0.2) is 0 Å². The number of methoxy groups -OCH3 is 2. The van der Waals surface area contributed by atoms with E-state index in [1.54, 1.807) is 26.4 Å². The van der Waals surface area contributed by atoms with Crippen LogP contribution < -0.4 is 19.9 Å². The molecular weight excluding hydrogens is 286 g/mol. The number of nitrogens with two attached hydrogens (primary N) is 1. The lowest BCUT2D eigenvalue weighted by atomic mass is 10.1. The first kappa shape index (κ1) is 15.1. The van der Waals surface area contributed by atoms with Crippen molar-refractivity contribution >= 4 is 17.2 Å². The monoisotopic (exact) mass is 303 g/mol. The largest absolute Gasteiger partial charge is 0.493 e. The van der Waals surface area contributed by atoms with Gasteiger partial charge in [0.1, 0.15) is 10.7 Å². The molecule has 0 bridgehead atoms. The van der Waals surface area contributed by atoms with E-state index in [1.165, 1.54) is 0 Å². The fraction of sp³-hybridized carbons (Fsp3) is 0.188. The van der Waals surface area contributed by atoms with Gasteiger partial charge in [0.15, 0.2) is 11.5 Å². The van der Waals surface area contributed by atoms with Gasteiger partial charge >= 0.3 is 0 Å². The van der Waals surface area contributed by atoms with Crippen LogP contribution in [0.5, 0.6) is 23.0 Å². The minimum atomic E-state index is 0.280. The van der Waals surface area contributed by atoms with Gasteiger partial charge in [-0.2, -0.15) is 0 Å². The van der Waals surface area contributed by atoms with Crippen molar-refractivity contribution in [2.45, 2.75) is 6.92 Å². The Bertz CT molecular complexity index is 648. The van der Waals surface area contributed by atoms with E-state index < -0.39 is 0 Å². The van der Waals surface area contributed by atoms with Crippen molar-refractivity contribution in [3.63, 3.8) is 0 Å². The molecule has 0 aromatic heterocycles. The summed E-state index contributed by atoms with van der Waals surface area (Å²) in [5.74, 6) is 2.20. The van der Waals surface area contributed by atoms with E-state index in [-0.39, 0.29) is 4.99 Å². The second kappa shape index (κ2) is 6.45.